The van der Waals surface area contributed by atoms with Crippen LogP contribution in [0.4, 0.5) is 8.78 Å². The van der Waals surface area contributed by atoms with Crippen molar-refractivity contribution in [2.75, 3.05) is 45.9 Å². The van der Waals surface area contributed by atoms with Crippen molar-refractivity contribution < 1.29 is 23.8 Å². The van der Waals surface area contributed by atoms with Gasteiger partial charge in [-0.25, -0.2) is 8.78 Å². The number of rotatable bonds is 7. The Morgan fingerprint density at radius 3 is 2.38 bits per heavy atom. The van der Waals surface area contributed by atoms with Gasteiger partial charge in [0.2, 0.25) is 0 Å². The lowest BCUT2D eigenvalue weighted by Gasteiger charge is -2.25. The van der Waals surface area contributed by atoms with E-state index >= 15 is 0 Å². The van der Waals surface area contributed by atoms with Gasteiger partial charge in [0.05, 0.1) is 6.61 Å². The average molecular weight is 342 g/mol. The van der Waals surface area contributed by atoms with E-state index in [1.165, 1.54) is 4.90 Å². The predicted molar refractivity (Wildman–Crippen MR) is 85.5 cm³/mol. The van der Waals surface area contributed by atoms with Crippen molar-refractivity contribution in [3.05, 3.63) is 35.4 Å². The van der Waals surface area contributed by atoms with E-state index in [2.05, 4.69) is 4.90 Å². The molecule has 0 aromatic heterocycles. The summed E-state index contributed by atoms with van der Waals surface area (Å²) in [5.74, 6) is -2.02. The molecule has 1 fully saturated rings. The first-order valence-corrected chi connectivity index (χ1v) is 8.17. The summed E-state index contributed by atoms with van der Waals surface area (Å²) < 4.78 is 26.6. The van der Waals surface area contributed by atoms with Crippen LogP contribution in [0.3, 0.4) is 0 Å². The molecule has 2 rings (SSSR count). The standard InChI is InChI=1S/C17H24F2N2O3/c1-2-20(3-4-22)8-13-9-21(10-14(13)11-23)17(24)12-5-15(18)7-16(19)6-12/h5-7,13-14,22-23H,2-4,8-11H2,1H3/t13-,14-/m1/s1. The maximum absolute atomic E-state index is 13.3. The molecule has 0 bridgehead atoms. The molecule has 2 atom stereocenters. The van der Waals surface area contributed by atoms with Gasteiger partial charge in [0.1, 0.15) is 11.6 Å². The molecule has 0 saturated carbocycles. The summed E-state index contributed by atoms with van der Waals surface area (Å²) in [6.45, 7) is 4.71. The lowest BCUT2D eigenvalue weighted by molar-refractivity contribution is 0.0777. The third kappa shape index (κ3) is 4.49. The minimum absolute atomic E-state index is 0.0208. The van der Waals surface area contributed by atoms with Crippen LogP contribution in [-0.2, 0) is 0 Å². The largest absolute Gasteiger partial charge is 0.396 e. The zero-order valence-corrected chi connectivity index (χ0v) is 13.8. The van der Waals surface area contributed by atoms with Crippen LogP contribution in [0.5, 0.6) is 0 Å². The summed E-state index contributed by atoms with van der Waals surface area (Å²) in [5, 5.41) is 18.7. The molecular formula is C17H24F2N2O3. The summed E-state index contributed by atoms with van der Waals surface area (Å²) in [6, 6.07) is 2.78. The molecule has 0 aliphatic carbocycles. The number of hydrogen-bond donors (Lipinski definition) is 2. The molecule has 5 nitrogen and oxygen atoms in total. The number of benzene rings is 1. The van der Waals surface area contributed by atoms with Gasteiger partial charge in [0, 0.05) is 50.3 Å². The topological polar surface area (TPSA) is 64.0 Å². The Kier molecular flexibility index (Phi) is 6.65. The number of likely N-dealkylation sites (N-methyl/N-ethyl adjacent to an activating group) is 1. The summed E-state index contributed by atoms with van der Waals surface area (Å²) in [4.78, 5) is 16.1. The number of likely N-dealkylation sites (tertiary alicyclic amines) is 1. The Balaban J connectivity index is 2.08. The molecular weight excluding hydrogens is 318 g/mol. The first-order chi connectivity index (χ1) is 11.5. The molecule has 1 amide bonds. The van der Waals surface area contributed by atoms with E-state index in [4.69, 9.17) is 5.11 Å². The fourth-order valence-electron chi connectivity index (χ4n) is 3.23. The highest BCUT2D eigenvalue weighted by Gasteiger charge is 2.36. The van der Waals surface area contributed by atoms with Crippen LogP contribution in [0.25, 0.3) is 0 Å². The van der Waals surface area contributed by atoms with Crippen LogP contribution < -0.4 is 0 Å². The van der Waals surface area contributed by atoms with E-state index in [0.717, 1.165) is 24.7 Å². The maximum Gasteiger partial charge on any atom is 0.254 e. The number of halogens is 2. The average Bonchev–Trinajstić information content (AvgIpc) is 2.95. The fourth-order valence-corrected chi connectivity index (χ4v) is 3.23. The van der Waals surface area contributed by atoms with E-state index in [-0.39, 0.29) is 30.6 Å². The zero-order valence-electron chi connectivity index (χ0n) is 13.8. The highest BCUT2D eigenvalue weighted by Crippen LogP contribution is 2.26. The molecule has 1 aliphatic heterocycles. The number of aliphatic hydroxyl groups is 2. The van der Waals surface area contributed by atoms with Gasteiger partial charge in [-0.2, -0.15) is 0 Å². The molecule has 134 valence electrons. The molecule has 1 saturated heterocycles. The van der Waals surface area contributed by atoms with Crippen molar-refractivity contribution in [2.45, 2.75) is 6.92 Å². The molecule has 1 aliphatic rings. The van der Waals surface area contributed by atoms with Crippen LogP contribution in [-0.4, -0.2) is 71.9 Å². The third-order valence-electron chi connectivity index (χ3n) is 4.56. The Morgan fingerprint density at radius 2 is 1.83 bits per heavy atom. The van der Waals surface area contributed by atoms with E-state index in [9.17, 15) is 18.7 Å². The zero-order chi connectivity index (χ0) is 17.7. The van der Waals surface area contributed by atoms with Gasteiger partial charge in [0.25, 0.3) is 5.91 Å². The summed E-state index contributed by atoms with van der Waals surface area (Å²) in [7, 11) is 0. The number of aliphatic hydroxyl groups excluding tert-OH is 2. The van der Waals surface area contributed by atoms with Crippen LogP contribution >= 0.6 is 0 Å². The fraction of sp³-hybridized carbons (Fsp3) is 0.588. The molecule has 1 aromatic rings. The van der Waals surface area contributed by atoms with Crippen LogP contribution in [0, 0.1) is 23.5 Å². The van der Waals surface area contributed by atoms with Crippen molar-refractivity contribution >= 4 is 5.91 Å². The number of hydrogen-bond acceptors (Lipinski definition) is 4. The monoisotopic (exact) mass is 342 g/mol. The SMILES string of the molecule is CCN(CCO)C[C@@H]1CN(C(=O)c2cc(F)cc(F)c2)C[C@@H]1CO. The molecule has 7 heteroatoms. The van der Waals surface area contributed by atoms with Crippen molar-refractivity contribution in [3.8, 4) is 0 Å². The second-order valence-electron chi connectivity index (χ2n) is 6.19. The number of carbonyl (C=O) groups excluding carboxylic acids is 1. The molecule has 0 radical (unpaired) electrons. The Labute approximate surface area is 140 Å². The molecule has 1 heterocycles. The van der Waals surface area contributed by atoms with Gasteiger partial charge in [-0.1, -0.05) is 6.92 Å². The predicted octanol–water partition coefficient (Wildman–Crippen LogP) is 0.959. The van der Waals surface area contributed by atoms with Crippen LogP contribution in [0.1, 0.15) is 17.3 Å². The molecule has 24 heavy (non-hydrogen) atoms. The first kappa shape index (κ1) is 18.8. The number of nitrogens with zero attached hydrogens (tertiary/aromatic N) is 2. The second-order valence-corrected chi connectivity index (χ2v) is 6.19. The smallest absolute Gasteiger partial charge is 0.254 e. The van der Waals surface area contributed by atoms with Crippen LogP contribution in [0.15, 0.2) is 18.2 Å². The summed E-state index contributed by atoms with van der Waals surface area (Å²) in [6.07, 6.45) is 0. The van der Waals surface area contributed by atoms with Gasteiger partial charge in [-0.3, -0.25) is 4.79 Å². The Hall–Kier alpha value is -1.57. The molecule has 0 spiro atoms. The molecule has 2 N–H and O–H groups in total. The molecule has 1 aromatic carbocycles. The maximum atomic E-state index is 13.3. The van der Waals surface area contributed by atoms with E-state index in [1.54, 1.807) is 0 Å². The highest BCUT2D eigenvalue weighted by molar-refractivity contribution is 5.94. The van der Waals surface area contributed by atoms with Crippen molar-refractivity contribution in [1.29, 1.82) is 0 Å². The normalized spacial score (nSPS) is 20.8. The lowest BCUT2D eigenvalue weighted by atomic mass is 9.96. The van der Waals surface area contributed by atoms with Crippen molar-refractivity contribution in [3.63, 3.8) is 0 Å². The second kappa shape index (κ2) is 8.50. The molecule has 0 unspecified atom stereocenters. The van der Waals surface area contributed by atoms with E-state index in [1.807, 2.05) is 6.92 Å². The third-order valence-corrected chi connectivity index (χ3v) is 4.56. The summed E-state index contributed by atoms with van der Waals surface area (Å²) in [5.41, 5.74) is -0.0208. The van der Waals surface area contributed by atoms with E-state index < -0.39 is 17.5 Å². The number of amides is 1. The summed E-state index contributed by atoms with van der Waals surface area (Å²) >= 11 is 0. The minimum atomic E-state index is -0.784. The first-order valence-electron chi connectivity index (χ1n) is 8.17. The Bertz CT molecular complexity index is 551. The Morgan fingerprint density at radius 1 is 1.21 bits per heavy atom. The lowest BCUT2D eigenvalue weighted by Crippen LogP contribution is -2.36. The van der Waals surface area contributed by atoms with Gasteiger partial charge in [-0.15, -0.1) is 0 Å². The minimum Gasteiger partial charge on any atom is -0.396 e. The quantitative estimate of drug-likeness (QED) is 0.775. The van der Waals surface area contributed by atoms with E-state index in [0.29, 0.717) is 26.2 Å². The van der Waals surface area contributed by atoms with Crippen molar-refractivity contribution in [2.24, 2.45) is 11.8 Å². The van der Waals surface area contributed by atoms with Gasteiger partial charge >= 0.3 is 0 Å². The van der Waals surface area contributed by atoms with Gasteiger partial charge < -0.3 is 20.0 Å². The van der Waals surface area contributed by atoms with Crippen LogP contribution in [0.2, 0.25) is 0 Å². The number of carbonyl (C=O) groups is 1. The highest BCUT2D eigenvalue weighted by atomic mass is 19.1. The van der Waals surface area contributed by atoms with Crippen molar-refractivity contribution in [1.82, 2.24) is 9.80 Å². The van der Waals surface area contributed by atoms with Gasteiger partial charge in [0.15, 0.2) is 0 Å². The van der Waals surface area contributed by atoms with Gasteiger partial charge in [-0.05, 0) is 24.6 Å².